The molecular formula is C26H37N5O3S2. The molecule has 10 heteroatoms. The number of nitrogens with one attached hydrogen (secondary N) is 3. The molecule has 0 spiro atoms. The molecule has 1 saturated heterocycles. The van der Waals surface area contributed by atoms with E-state index in [1.54, 1.807) is 16.2 Å². The number of anilines is 1. The topological polar surface area (TPSA) is 103 Å². The molecule has 196 valence electrons. The zero-order valence-electron chi connectivity index (χ0n) is 21.2. The lowest BCUT2D eigenvalue weighted by Gasteiger charge is -2.30. The first kappa shape index (κ1) is 25.6. The maximum Gasteiger partial charge on any atom is 0.256 e. The first-order valence-electron chi connectivity index (χ1n) is 13.3. The van der Waals surface area contributed by atoms with Crippen molar-refractivity contribution in [2.75, 3.05) is 11.9 Å². The van der Waals surface area contributed by atoms with Crippen LogP contribution in [-0.2, 0) is 14.4 Å². The molecule has 2 aliphatic heterocycles. The maximum absolute atomic E-state index is 13.8. The molecule has 8 nitrogen and oxygen atoms in total. The fourth-order valence-corrected chi connectivity index (χ4v) is 6.89. The van der Waals surface area contributed by atoms with Gasteiger partial charge in [-0.1, -0.05) is 25.0 Å². The van der Waals surface area contributed by atoms with Crippen LogP contribution in [0, 0.1) is 19.8 Å². The number of amides is 3. The summed E-state index contributed by atoms with van der Waals surface area (Å²) in [7, 11) is 0. The zero-order valence-corrected chi connectivity index (χ0v) is 22.8. The van der Waals surface area contributed by atoms with Gasteiger partial charge in [-0.2, -0.15) is 0 Å². The number of nitrogens with zero attached hydrogens (tertiary/aromatic N) is 2. The van der Waals surface area contributed by atoms with Gasteiger partial charge in [0.05, 0.1) is 5.69 Å². The van der Waals surface area contributed by atoms with E-state index in [0.717, 1.165) is 60.6 Å². The van der Waals surface area contributed by atoms with E-state index < -0.39 is 17.6 Å². The molecule has 3 fully saturated rings. The summed E-state index contributed by atoms with van der Waals surface area (Å²) in [5, 5.41) is 7.75. The lowest BCUT2D eigenvalue weighted by Crippen LogP contribution is -2.56. The molecule has 3 amide bonds. The number of aryl methyl sites for hydroxylation is 2. The van der Waals surface area contributed by atoms with Gasteiger partial charge in [0, 0.05) is 22.6 Å². The van der Waals surface area contributed by atoms with E-state index >= 15 is 0 Å². The minimum Gasteiger partial charge on any atom is -0.350 e. The summed E-state index contributed by atoms with van der Waals surface area (Å²) in [4.78, 5) is 48.0. The van der Waals surface area contributed by atoms with Crippen molar-refractivity contribution in [3.8, 4) is 0 Å². The van der Waals surface area contributed by atoms with Gasteiger partial charge in [0.25, 0.3) is 5.91 Å². The van der Waals surface area contributed by atoms with Gasteiger partial charge >= 0.3 is 0 Å². The SMILES string of the molecule is Cc1nc(N[C@H]2CCCCC/C=C\[C@@H]3C[C@@]3(C(=O)NSC3CC3)NC(=O)C3CCCN3C2=O)sc1C. The van der Waals surface area contributed by atoms with E-state index in [1.807, 2.05) is 13.8 Å². The van der Waals surface area contributed by atoms with Crippen LogP contribution < -0.4 is 15.4 Å². The van der Waals surface area contributed by atoms with Gasteiger partial charge in [-0.15, -0.1) is 11.3 Å². The molecule has 0 aromatic carbocycles. The Labute approximate surface area is 221 Å². The average Bonchev–Trinajstić information content (AvgIpc) is 3.72. The fourth-order valence-electron chi connectivity index (χ4n) is 5.19. The lowest BCUT2D eigenvalue weighted by atomic mass is 10.1. The van der Waals surface area contributed by atoms with Crippen molar-refractivity contribution in [2.24, 2.45) is 5.92 Å². The summed E-state index contributed by atoms with van der Waals surface area (Å²) in [6.45, 7) is 4.57. The number of hydrogen-bond donors (Lipinski definition) is 3. The normalized spacial score (nSPS) is 31.9. The third-order valence-corrected chi connectivity index (χ3v) is 9.92. The van der Waals surface area contributed by atoms with Crippen molar-refractivity contribution in [2.45, 2.75) is 101 Å². The molecule has 4 aliphatic rings. The molecule has 3 N–H and O–H groups in total. The highest BCUT2D eigenvalue weighted by molar-refractivity contribution is 7.98. The first-order valence-corrected chi connectivity index (χ1v) is 15.0. The summed E-state index contributed by atoms with van der Waals surface area (Å²) in [6, 6.07) is -0.956. The summed E-state index contributed by atoms with van der Waals surface area (Å²) in [5.74, 6) is -0.362. The summed E-state index contributed by atoms with van der Waals surface area (Å²) < 4.78 is 3.00. The quantitative estimate of drug-likeness (QED) is 0.394. The number of carbonyl (C=O) groups is 3. The number of aromatic nitrogens is 1. The Bertz CT molecular complexity index is 1020. The van der Waals surface area contributed by atoms with Crippen molar-refractivity contribution >= 4 is 46.1 Å². The van der Waals surface area contributed by atoms with Crippen LogP contribution in [0.15, 0.2) is 12.2 Å². The van der Waals surface area contributed by atoms with E-state index in [4.69, 9.17) is 0 Å². The lowest BCUT2D eigenvalue weighted by molar-refractivity contribution is -0.140. The predicted molar refractivity (Wildman–Crippen MR) is 144 cm³/mol. The summed E-state index contributed by atoms with van der Waals surface area (Å²) in [6.07, 6.45) is 13.2. The number of fused-ring (bicyclic) bond motifs is 2. The van der Waals surface area contributed by atoms with Crippen LogP contribution in [0.5, 0.6) is 0 Å². The van der Waals surface area contributed by atoms with Gasteiger partial charge in [0.2, 0.25) is 11.8 Å². The highest BCUT2D eigenvalue weighted by atomic mass is 32.2. The molecule has 4 atom stereocenters. The standard InChI is InChI=1S/C26H37N5O3S2/c1-16-17(2)35-25(27-16)28-20-10-7-5-3-4-6-9-18-15-26(18,24(34)30-36-19-12-13-19)29-22(32)21-11-8-14-31(21)23(20)33/h6,9,18-21H,3-5,7-8,10-15H2,1-2H3,(H,27,28)(H,29,32)(H,30,34)/b9-6-/t18-,20+,21?,26-/m1/s1. The number of hydrogen-bond acceptors (Lipinski definition) is 7. The van der Waals surface area contributed by atoms with E-state index in [-0.39, 0.29) is 23.6 Å². The highest BCUT2D eigenvalue weighted by Gasteiger charge is 2.60. The minimum absolute atomic E-state index is 0.00253. The second-order valence-electron chi connectivity index (χ2n) is 10.6. The zero-order chi connectivity index (χ0) is 25.3. The summed E-state index contributed by atoms with van der Waals surface area (Å²) >= 11 is 3.04. The number of carbonyl (C=O) groups excluding carboxylic acids is 3. The maximum atomic E-state index is 13.8. The van der Waals surface area contributed by atoms with Crippen molar-refractivity contribution in [1.82, 2.24) is 19.9 Å². The van der Waals surface area contributed by atoms with E-state index in [1.165, 1.54) is 11.9 Å². The van der Waals surface area contributed by atoms with Gasteiger partial charge in [-0.3, -0.25) is 19.1 Å². The number of rotatable bonds is 5. The molecule has 1 aromatic rings. The van der Waals surface area contributed by atoms with Crippen LogP contribution in [0.25, 0.3) is 0 Å². The minimum atomic E-state index is -0.902. The Balaban J connectivity index is 1.34. The number of thiazole rings is 1. The average molecular weight is 532 g/mol. The third-order valence-electron chi connectivity index (χ3n) is 7.80. The second-order valence-corrected chi connectivity index (χ2v) is 12.9. The van der Waals surface area contributed by atoms with Gasteiger partial charge in [-0.05, 0) is 77.2 Å². The second kappa shape index (κ2) is 10.7. The van der Waals surface area contributed by atoms with E-state index in [2.05, 4.69) is 32.5 Å². The Morgan fingerprint density at radius 1 is 1.17 bits per heavy atom. The van der Waals surface area contributed by atoms with Gasteiger partial charge in [0.15, 0.2) is 5.13 Å². The van der Waals surface area contributed by atoms with Gasteiger partial charge in [0.1, 0.15) is 17.6 Å². The Morgan fingerprint density at radius 3 is 2.75 bits per heavy atom. The molecule has 1 unspecified atom stereocenters. The smallest absolute Gasteiger partial charge is 0.256 e. The van der Waals surface area contributed by atoms with Crippen LogP contribution in [-0.4, -0.2) is 57.0 Å². The summed E-state index contributed by atoms with van der Waals surface area (Å²) in [5.41, 5.74) is 0.0697. The molecule has 3 heterocycles. The van der Waals surface area contributed by atoms with Crippen LogP contribution in [0.1, 0.15) is 74.8 Å². The molecular weight excluding hydrogens is 494 g/mol. The van der Waals surface area contributed by atoms with Crippen LogP contribution >= 0.6 is 23.3 Å². The molecule has 5 rings (SSSR count). The molecule has 2 saturated carbocycles. The monoisotopic (exact) mass is 531 g/mol. The van der Waals surface area contributed by atoms with Crippen molar-refractivity contribution < 1.29 is 14.4 Å². The first-order chi connectivity index (χ1) is 17.4. The predicted octanol–water partition coefficient (Wildman–Crippen LogP) is 3.85. The van der Waals surface area contributed by atoms with E-state index in [9.17, 15) is 14.4 Å². The van der Waals surface area contributed by atoms with Crippen LogP contribution in [0.3, 0.4) is 0 Å². The third kappa shape index (κ3) is 5.59. The number of allylic oxidation sites excluding steroid dienone is 1. The Hall–Kier alpha value is -2.07. The van der Waals surface area contributed by atoms with Crippen molar-refractivity contribution in [3.05, 3.63) is 22.7 Å². The van der Waals surface area contributed by atoms with Crippen molar-refractivity contribution in [1.29, 1.82) is 0 Å². The molecule has 36 heavy (non-hydrogen) atoms. The Morgan fingerprint density at radius 2 is 2.00 bits per heavy atom. The van der Waals surface area contributed by atoms with Gasteiger partial charge < -0.3 is 15.5 Å². The molecule has 0 radical (unpaired) electrons. The Kier molecular flexibility index (Phi) is 7.62. The molecule has 1 aromatic heterocycles. The molecule has 0 bridgehead atoms. The van der Waals surface area contributed by atoms with E-state index in [0.29, 0.717) is 31.1 Å². The van der Waals surface area contributed by atoms with Gasteiger partial charge in [-0.25, -0.2) is 4.98 Å². The highest BCUT2D eigenvalue weighted by Crippen LogP contribution is 2.46. The fraction of sp³-hybridized carbons (Fsp3) is 0.692. The largest absolute Gasteiger partial charge is 0.350 e. The van der Waals surface area contributed by atoms with Crippen LogP contribution in [0.2, 0.25) is 0 Å². The van der Waals surface area contributed by atoms with Crippen molar-refractivity contribution in [3.63, 3.8) is 0 Å². The van der Waals surface area contributed by atoms with Crippen LogP contribution in [0.4, 0.5) is 5.13 Å². The molecule has 2 aliphatic carbocycles.